The van der Waals surface area contributed by atoms with Gasteiger partial charge in [0.25, 0.3) is 5.91 Å². The Morgan fingerprint density at radius 3 is 2.67 bits per heavy atom. The summed E-state index contributed by atoms with van der Waals surface area (Å²) in [5.74, 6) is 0.842. The number of halogens is 1. The van der Waals surface area contributed by atoms with E-state index in [9.17, 15) is 4.79 Å². The van der Waals surface area contributed by atoms with Crippen LogP contribution in [0.25, 0.3) is 0 Å². The van der Waals surface area contributed by atoms with Gasteiger partial charge in [-0.05, 0) is 55.8 Å². The lowest BCUT2D eigenvalue weighted by Gasteiger charge is -2.38. The Morgan fingerprint density at radius 2 is 2.00 bits per heavy atom. The van der Waals surface area contributed by atoms with Crippen molar-refractivity contribution >= 4 is 17.5 Å². The average Bonchev–Trinajstić information content (AvgIpc) is 3.30. The highest BCUT2D eigenvalue weighted by Crippen LogP contribution is 2.44. The largest absolute Gasteiger partial charge is 0.351 e. The van der Waals surface area contributed by atoms with Gasteiger partial charge in [0, 0.05) is 6.54 Å². The lowest BCUT2D eigenvalue weighted by atomic mass is 9.74. The molecular weight excluding hydrogens is 284 g/mol. The Labute approximate surface area is 131 Å². The Bertz CT molecular complexity index is 507. The molecule has 114 valence electrons. The number of carbonyl (C=O) groups excluding carboxylic acids is 1. The van der Waals surface area contributed by atoms with E-state index in [1.165, 1.54) is 19.3 Å². The molecule has 1 saturated heterocycles. The van der Waals surface area contributed by atoms with Crippen LogP contribution in [0.1, 0.15) is 42.5 Å². The molecule has 0 spiro atoms. The molecule has 1 aliphatic heterocycles. The quantitative estimate of drug-likeness (QED) is 0.877. The molecule has 1 saturated carbocycles. The zero-order valence-electron chi connectivity index (χ0n) is 12.3. The van der Waals surface area contributed by atoms with Crippen LogP contribution in [0.2, 0.25) is 5.02 Å². The van der Waals surface area contributed by atoms with Gasteiger partial charge in [0.05, 0.1) is 10.6 Å². The Kier molecular flexibility index (Phi) is 4.51. The van der Waals surface area contributed by atoms with Crippen molar-refractivity contribution in [2.75, 3.05) is 19.6 Å². The van der Waals surface area contributed by atoms with Crippen LogP contribution in [0.4, 0.5) is 0 Å². The van der Waals surface area contributed by atoms with Crippen molar-refractivity contribution in [3.8, 4) is 0 Å². The summed E-state index contributed by atoms with van der Waals surface area (Å²) >= 11 is 6.10. The van der Waals surface area contributed by atoms with Crippen LogP contribution >= 0.6 is 11.6 Å². The van der Waals surface area contributed by atoms with Crippen molar-refractivity contribution in [3.05, 3.63) is 34.9 Å². The highest BCUT2D eigenvalue weighted by molar-refractivity contribution is 6.33. The minimum absolute atomic E-state index is 0.0469. The molecule has 4 heteroatoms. The highest BCUT2D eigenvalue weighted by atomic mass is 35.5. The summed E-state index contributed by atoms with van der Waals surface area (Å²) in [6, 6.07) is 7.25. The Balaban J connectivity index is 1.63. The molecule has 1 heterocycles. The van der Waals surface area contributed by atoms with E-state index in [2.05, 4.69) is 10.6 Å². The summed E-state index contributed by atoms with van der Waals surface area (Å²) in [7, 11) is 0. The SMILES string of the molecule is O=C(NCC1(CC2CC2)CCNCC1)c1ccccc1Cl. The summed E-state index contributed by atoms with van der Waals surface area (Å²) in [5, 5.41) is 7.08. The van der Waals surface area contributed by atoms with E-state index in [-0.39, 0.29) is 11.3 Å². The molecule has 21 heavy (non-hydrogen) atoms. The maximum absolute atomic E-state index is 12.3. The second-order valence-electron chi connectivity index (χ2n) is 6.56. The van der Waals surface area contributed by atoms with Crippen LogP contribution in [0.5, 0.6) is 0 Å². The third-order valence-corrected chi connectivity index (χ3v) is 5.15. The predicted octanol–water partition coefficient (Wildman–Crippen LogP) is 3.24. The lowest BCUT2D eigenvalue weighted by molar-refractivity contribution is 0.0902. The van der Waals surface area contributed by atoms with E-state index < -0.39 is 0 Å². The number of hydrogen-bond acceptors (Lipinski definition) is 2. The summed E-state index contributed by atoms with van der Waals surface area (Å²) in [4.78, 5) is 12.3. The number of rotatable bonds is 5. The molecule has 0 bridgehead atoms. The first-order valence-electron chi connectivity index (χ1n) is 7.92. The van der Waals surface area contributed by atoms with E-state index in [1.54, 1.807) is 12.1 Å². The number of hydrogen-bond donors (Lipinski definition) is 2. The fourth-order valence-corrected chi connectivity index (χ4v) is 3.57. The molecule has 1 amide bonds. The third-order valence-electron chi connectivity index (χ3n) is 4.83. The van der Waals surface area contributed by atoms with E-state index in [1.807, 2.05) is 12.1 Å². The Hall–Kier alpha value is -1.06. The third kappa shape index (κ3) is 3.78. The molecule has 3 rings (SSSR count). The summed E-state index contributed by atoms with van der Waals surface area (Å²) in [6.45, 7) is 2.90. The standard InChI is InChI=1S/C17H23ClN2O/c18-15-4-2-1-3-14(15)16(21)20-12-17(11-13-5-6-13)7-9-19-10-8-17/h1-4,13,19H,5-12H2,(H,20,21). The van der Waals surface area contributed by atoms with Gasteiger partial charge in [-0.2, -0.15) is 0 Å². The van der Waals surface area contributed by atoms with Gasteiger partial charge >= 0.3 is 0 Å². The molecule has 2 fully saturated rings. The first-order valence-corrected chi connectivity index (χ1v) is 8.30. The monoisotopic (exact) mass is 306 g/mol. The molecule has 0 atom stereocenters. The van der Waals surface area contributed by atoms with E-state index in [0.29, 0.717) is 10.6 Å². The van der Waals surface area contributed by atoms with Gasteiger partial charge in [-0.25, -0.2) is 0 Å². The minimum atomic E-state index is -0.0469. The van der Waals surface area contributed by atoms with E-state index in [0.717, 1.165) is 38.4 Å². The first-order chi connectivity index (χ1) is 10.2. The topological polar surface area (TPSA) is 41.1 Å². The van der Waals surface area contributed by atoms with Crippen LogP contribution in [0, 0.1) is 11.3 Å². The second-order valence-corrected chi connectivity index (χ2v) is 6.97. The molecule has 2 aliphatic rings. The fourth-order valence-electron chi connectivity index (χ4n) is 3.35. The normalized spacial score (nSPS) is 21.0. The zero-order valence-corrected chi connectivity index (χ0v) is 13.1. The van der Waals surface area contributed by atoms with Gasteiger partial charge < -0.3 is 10.6 Å². The van der Waals surface area contributed by atoms with Crippen molar-refractivity contribution in [1.29, 1.82) is 0 Å². The van der Waals surface area contributed by atoms with Crippen molar-refractivity contribution in [2.24, 2.45) is 11.3 Å². The fraction of sp³-hybridized carbons (Fsp3) is 0.588. The van der Waals surface area contributed by atoms with Crippen LogP contribution in [0.15, 0.2) is 24.3 Å². The summed E-state index contributed by atoms with van der Waals surface area (Å²) < 4.78 is 0. The van der Waals surface area contributed by atoms with Gasteiger partial charge in [0.1, 0.15) is 0 Å². The second kappa shape index (κ2) is 6.37. The van der Waals surface area contributed by atoms with Crippen molar-refractivity contribution in [1.82, 2.24) is 10.6 Å². The van der Waals surface area contributed by atoms with E-state index >= 15 is 0 Å². The zero-order chi connectivity index (χ0) is 14.7. The minimum Gasteiger partial charge on any atom is -0.351 e. The molecular formula is C17H23ClN2O. The molecule has 0 unspecified atom stereocenters. The number of amides is 1. The molecule has 0 aromatic heterocycles. The molecule has 1 aromatic rings. The number of benzene rings is 1. The van der Waals surface area contributed by atoms with Crippen LogP contribution in [0.3, 0.4) is 0 Å². The molecule has 0 radical (unpaired) electrons. The first kappa shape index (κ1) is 14.9. The number of carbonyl (C=O) groups is 1. The number of piperidine rings is 1. The Morgan fingerprint density at radius 1 is 1.29 bits per heavy atom. The van der Waals surface area contributed by atoms with Crippen LogP contribution in [-0.4, -0.2) is 25.5 Å². The smallest absolute Gasteiger partial charge is 0.252 e. The van der Waals surface area contributed by atoms with Gasteiger partial charge in [-0.15, -0.1) is 0 Å². The molecule has 3 nitrogen and oxygen atoms in total. The van der Waals surface area contributed by atoms with Gasteiger partial charge in [-0.1, -0.05) is 36.6 Å². The van der Waals surface area contributed by atoms with Crippen LogP contribution in [-0.2, 0) is 0 Å². The van der Waals surface area contributed by atoms with Gasteiger partial charge in [0.15, 0.2) is 0 Å². The summed E-state index contributed by atoms with van der Waals surface area (Å²) in [6.07, 6.45) is 6.32. The lowest BCUT2D eigenvalue weighted by Crippen LogP contribution is -2.45. The van der Waals surface area contributed by atoms with Gasteiger partial charge in [0.2, 0.25) is 0 Å². The predicted molar refractivity (Wildman–Crippen MR) is 85.7 cm³/mol. The molecule has 1 aromatic carbocycles. The van der Waals surface area contributed by atoms with Gasteiger partial charge in [-0.3, -0.25) is 4.79 Å². The van der Waals surface area contributed by atoms with E-state index in [4.69, 9.17) is 11.6 Å². The maximum Gasteiger partial charge on any atom is 0.252 e. The van der Waals surface area contributed by atoms with Crippen LogP contribution < -0.4 is 10.6 Å². The van der Waals surface area contributed by atoms with Crippen molar-refractivity contribution in [3.63, 3.8) is 0 Å². The average molecular weight is 307 g/mol. The number of nitrogens with one attached hydrogen (secondary N) is 2. The van der Waals surface area contributed by atoms with Crippen molar-refractivity contribution < 1.29 is 4.79 Å². The summed E-state index contributed by atoms with van der Waals surface area (Å²) in [5.41, 5.74) is 0.859. The molecule has 2 N–H and O–H groups in total. The molecule has 1 aliphatic carbocycles. The maximum atomic E-state index is 12.3. The highest BCUT2D eigenvalue weighted by Gasteiger charge is 2.38. The van der Waals surface area contributed by atoms with Crippen molar-refractivity contribution in [2.45, 2.75) is 32.1 Å².